The second-order valence-electron chi connectivity index (χ2n) is 3.57. The third-order valence-electron chi connectivity index (χ3n) is 2.12. The third-order valence-corrected chi connectivity index (χ3v) is 2.42. The average molecular weight is 272 g/mol. The van der Waals surface area contributed by atoms with E-state index in [2.05, 4.69) is 5.32 Å². The maximum absolute atomic E-state index is 12.8. The molecule has 5 heteroatoms. The number of hydrogen-bond acceptors (Lipinski definition) is 2. The fraction of sp³-hybridized carbons (Fsp3) is 0.308. The van der Waals surface area contributed by atoms with Crippen LogP contribution in [0.3, 0.4) is 0 Å². The maximum Gasteiger partial charge on any atom is 0.257 e. The van der Waals surface area contributed by atoms with Gasteiger partial charge in [-0.1, -0.05) is 23.8 Å². The predicted molar refractivity (Wildman–Crippen MR) is 69.3 cm³/mol. The second-order valence-corrected chi connectivity index (χ2v) is 3.98. The Morgan fingerprint density at radius 1 is 1.56 bits per heavy atom. The summed E-state index contributed by atoms with van der Waals surface area (Å²) in [6.07, 6.45) is 4.65. The first kappa shape index (κ1) is 14.5. The Balaban J connectivity index is 2.33. The number of hydrogen-bond donors (Lipinski definition) is 1. The summed E-state index contributed by atoms with van der Waals surface area (Å²) in [6.45, 7) is 2.34. The van der Waals surface area contributed by atoms with Gasteiger partial charge in [-0.2, -0.15) is 0 Å². The highest BCUT2D eigenvalue weighted by atomic mass is 35.5. The van der Waals surface area contributed by atoms with Gasteiger partial charge in [-0.3, -0.25) is 4.79 Å². The first-order valence-electron chi connectivity index (χ1n) is 5.59. The molecule has 0 saturated carbocycles. The average Bonchev–Trinajstić information content (AvgIpc) is 2.33. The van der Waals surface area contributed by atoms with Crippen LogP contribution in [-0.4, -0.2) is 19.1 Å². The molecule has 0 fully saturated rings. The quantitative estimate of drug-likeness (QED) is 0.638. The van der Waals surface area contributed by atoms with E-state index >= 15 is 0 Å². The van der Waals surface area contributed by atoms with E-state index < -0.39 is 5.82 Å². The molecule has 0 aliphatic heterocycles. The number of rotatable bonds is 6. The fourth-order valence-corrected chi connectivity index (χ4v) is 1.47. The first-order chi connectivity index (χ1) is 8.63. The minimum Gasteiger partial charge on any atom is -0.482 e. The van der Waals surface area contributed by atoms with Crippen molar-refractivity contribution in [3.63, 3.8) is 0 Å². The standard InChI is InChI=1S/C13H15ClFNO2/c1-2-3-4-7-16-13(17)9-18-12-6-5-10(15)8-11(12)14/h2-3,5-6,8H,4,7,9H2,1H3,(H,16,17)/b3-2+. The van der Waals surface area contributed by atoms with E-state index in [9.17, 15) is 9.18 Å². The molecule has 3 nitrogen and oxygen atoms in total. The van der Waals surface area contributed by atoms with Gasteiger partial charge in [-0.25, -0.2) is 4.39 Å². The van der Waals surface area contributed by atoms with Crippen molar-refractivity contribution in [1.29, 1.82) is 0 Å². The first-order valence-corrected chi connectivity index (χ1v) is 5.97. The molecule has 1 rings (SSSR count). The fourth-order valence-electron chi connectivity index (χ4n) is 1.25. The van der Waals surface area contributed by atoms with Crippen LogP contribution in [0, 0.1) is 5.82 Å². The van der Waals surface area contributed by atoms with Crippen molar-refractivity contribution in [2.75, 3.05) is 13.2 Å². The monoisotopic (exact) mass is 271 g/mol. The Hall–Kier alpha value is -1.55. The molecule has 0 atom stereocenters. The Kier molecular flexibility index (Phi) is 6.22. The summed E-state index contributed by atoms with van der Waals surface area (Å²) in [4.78, 5) is 11.4. The number of benzene rings is 1. The number of carbonyl (C=O) groups is 1. The molecule has 98 valence electrons. The van der Waals surface area contributed by atoms with Crippen LogP contribution < -0.4 is 10.1 Å². The molecule has 1 N–H and O–H groups in total. The molecule has 0 saturated heterocycles. The number of ether oxygens (including phenoxy) is 1. The molecule has 1 aromatic carbocycles. The van der Waals surface area contributed by atoms with Crippen LogP contribution >= 0.6 is 11.6 Å². The SMILES string of the molecule is C/C=C/CCNC(=O)COc1ccc(F)cc1Cl. The lowest BCUT2D eigenvalue weighted by atomic mass is 10.3. The Labute approximate surface area is 111 Å². The lowest BCUT2D eigenvalue weighted by Gasteiger charge is -2.08. The number of carbonyl (C=O) groups excluding carboxylic acids is 1. The molecule has 0 aliphatic carbocycles. The van der Waals surface area contributed by atoms with Gasteiger partial charge < -0.3 is 10.1 Å². The summed E-state index contributed by atoms with van der Waals surface area (Å²) in [6, 6.07) is 3.76. The Bertz CT molecular complexity index is 435. The van der Waals surface area contributed by atoms with Gasteiger partial charge in [0.2, 0.25) is 0 Å². The normalized spacial score (nSPS) is 10.6. The Morgan fingerprint density at radius 2 is 2.33 bits per heavy atom. The van der Waals surface area contributed by atoms with E-state index in [0.29, 0.717) is 12.3 Å². The van der Waals surface area contributed by atoms with Crippen molar-refractivity contribution in [2.24, 2.45) is 0 Å². The van der Waals surface area contributed by atoms with Crippen LogP contribution in [-0.2, 0) is 4.79 Å². The van der Waals surface area contributed by atoms with Crippen LogP contribution in [0.25, 0.3) is 0 Å². The van der Waals surface area contributed by atoms with Gasteiger partial charge in [0.15, 0.2) is 6.61 Å². The smallest absolute Gasteiger partial charge is 0.257 e. The molecule has 0 aliphatic rings. The van der Waals surface area contributed by atoms with Crippen LogP contribution in [0.5, 0.6) is 5.75 Å². The summed E-state index contributed by atoms with van der Waals surface area (Å²) >= 11 is 5.75. The van der Waals surface area contributed by atoms with Gasteiger partial charge in [-0.15, -0.1) is 0 Å². The molecular formula is C13H15ClFNO2. The van der Waals surface area contributed by atoms with Gasteiger partial charge >= 0.3 is 0 Å². The lowest BCUT2D eigenvalue weighted by Crippen LogP contribution is -2.29. The molecule has 0 aromatic heterocycles. The molecule has 18 heavy (non-hydrogen) atoms. The zero-order valence-corrected chi connectivity index (χ0v) is 10.8. The van der Waals surface area contributed by atoms with E-state index in [0.717, 1.165) is 12.5 Å². The van der Waals surface area contributed by atoms with Crippen molar-refractivity contribution in [1.82, 2.24) is 5.32 Å². The Morgan fingerprint density at radius 3 is 3.00 bits per heavy atom. The van der Waals surface area contributed by atoms with Crippen LogP contribution in [0.2, 0.25) is 5.02 Å². The summed E-state index contributed by atoms with van der Waals surface area (Å²) in [5, 5.41) is 2.84. The van der Waals surface area contributed by atoms with E-state index in [1.54, 1.807) is 0 Å². The zero-order valence-electron chi connectivity index (χ0n) is 10.1. The minimum atomic E-state index is -0.442. The molecule has 0 bridgehead atoms. The van der Waals surface area contributed by atoms with E-state index in [1.807, 2.05) is 19.1 Å². The van der Waals surface area contributed by atoms with Crippen molar-refractivity contribution in [3.05, 3.63) is 41.2 Å². The molecule has 0 unspecified atom stereocenters. The second kappa shape index (κ2) is 7.71. The zero-order chi connectivity index (χ0) is 13.4. The summed E-state index contributed by atoms with van der Waals surface area (Å²) in [5.74, 6) is -0.385. The van der Waals surface area contributed by atoms with Gasteiger partial charge in [0.05, 0.1) is 5.02 Å². The number of amides is 1. The number of nitrogens with one attached hydrogen (secondary N) is 1. The van der Waals surface area contributed by atoms with Crippen LogP contribution in [0.1, 0.15) is 13.3 Å². The van der Waals surface area contributed by atoms with Gasteiger partial charge in [-0.05, 0) is 31.5 Å². The molecule has 1 aromatic rings. The predicted octanol–water partition coefficient (Wildman–Crippen LogP) is 2.94. The highest BCUT2D eigenvalue weighted by molar-refractivity contribution is 6.32. The lowest BCUT2D eigenvalue weighted by molar-refractivity contribution is -0.123. The van der Waals surface area contributed by atoms with E-state index in [1.165, 1.54) is 12.1 Å². The molecule has 0 radical (unpaired) electrons. The van der Waals surface area contributed by atoms with Crippen LogP contribution in [0.4, 0.5) is 4.39 Å². The third kappa shape index (κ3) is 5.19. The maximum atomic E-state index is 12.8. The number of allylic oxidation sites excluding steroid dienone is 1. The molecule has 0 heterocycles. The largest absolute Gasteiger partial charge is 0.482 e. The molecular weight excluding hydrogens is 257 g/mol. The van der Waals surface area contributed by atoms with E-state index in [-0.39, 0.29) is 17.5 Å². The highest BCUT2D eigenvalue weighted by Gasteiger charge is 2.06. The molecule has 1 amide bonds. The van der Waals surface area contributed by atoms with Gasteiger partial charge in [0, 0.05) is 6.54 Å². The summed E-state index contributed by atoms with van der Waals surface area (Å²) in [5.41, 5.74) is 0. The van der Waals surface area contributed by atoms with Gasteiger partial charge in [0.1, 0.15) is 11.6 Å². The van der Waals surface area contributed by atoms with Crippen molar-refractivity contribution >= 4 is 17.5 Å². The van der Waals surface area contributed by atoms with Crippen LogP contribution in [0.15, 0.2) is 30.4 Å². The van der Waals surface area contributed by atoms with Gasteiger partial charge in [0.25, 0.3) is 5.91 Å². The molecule has 0 spiro atoms. The summed E-state index contributed by atoms with van der Waals surface area (Å²) in [7, 11) is 0. The van der Waals surface area contributed by atoms with Crippen molar-refractivity contribution < 1.29 is 13.9 Å². The topological polar surface area (TPSA) is 38.3 Å². The highest BCUT2D eigenvalue weighted by Crippen LogP contribution is 2.24. The van der Waals surface area contributed by atoms with Crippen molar-refractivity contribution in [2.45, 2.75) is 13.3 Å². The number of halogens is 2. The minimum absolute atomic E-state index is 0.138. The van der Waals surface area contributed by atoms with Crippen molar-refractivity contribution in [3.8, 4) is 5.75 Å². The summed E-state index contributed by atoms with van der Waals surface area (Å²) < 4.78 is 17.9. The van der Waals surface area contributed by atoms with E-state index in [4.69, 9.17) is 16.3 Å².